The molecule has 0 atom stereocenters. The summed E-state index contributed by atoms with van der Waals surface area (Å²) in [7, 11) is 0. The van der Waals surface area contributed by atoms with Gasteiger partial charge in [-0.3, -0.25) is 4.79 Å². The van der Waals surface area contributed by atoms with Crippen molar-refractivity contribution in [3.05, 3.63) is 23.5 Å². The number of carboxylic acid groups (broad SMARTS) is 1. The molecule has 0 spiro atoms. The molecular formula is C8H9NO3. The molecule has 1 aromatic rings. The highest BCUT2D eigenvalue weighted by atomic mass is 16.4. The number of carbonyl (C=O) groups is 2. The van der Waals surface area contributed by atoms with Gasteiger partial charge in [0.05, 0.1) is 0 Å². The van der Waals surface area contributed by atoms with Crippen LogP contribution in [0.15, 0.2) is 12.3 Å². The van der Waals surface area contributed by atoms with E-state index in [2.05, 4.69) is 0 Å². The Morgan fingerprint density at radius 1 is 1.75 bits per heavy atom. The van der Waals surface area contributed by atoms with E-state index in [9.17, 15) is 9.59 Å². The largest absolute Gasteiger partial charge is 0.477 e. The average Bonchev–Trinajstić information content (AvgIpc) is 2.47. The zero-order valence-electron chi connectivity index (χ0n) is 6.65. The Morgan fingerprint density at radius 3 is 2.75 bits per heavy atom. The van der Waals surface area contributed by atoms with Crippen molar-refractivity contribution >= 4 is 12.3 Å². The fourth-order valence-corrected chi connectivity index (χ4v) is 1.04. The molecule has 0 bridgehead atoms. The van der Waals surface area contributed by atoms with Gasteiger partial charge < -0.3 is 9.67 Å². The molecule has 0 aliphatic carbocycles. The lowest BCUT2D eigenvalue weighted by atomic mass is 10.3. The number of aromatic carboxylic acids is 1. The Morgan fingerprint density at radius 2 is 2.42 bits per heavy atom. The minimum atomic E-state index is -1.01. The maximum absolute atomic E-state index is 10.6. The van der Waals surface area contributed by atoms with E-state index in [1.165, 1.54) is 16.8 Å². The fourth-order valence-electron chi connectivity index (χ4n) is 1.04. The van der Waals surface area contributed by atoms with Crippen LogP contribution in [0.25, 0.3) is 0 Å². The molecule has 0 unspecified atom stereocenters. The number of rotatable bonds is 3. The van der Waals surface area contributed by atoms with Crippen LogP contribution in [0, 0.1) is 0 Å². The van der Waals surface area contributed by atoms with Gasteiger partial charge in [-0.15, -0.1) is 0 Å². The molecule has 4 nitrogen and oxygen atoms in total. The van der Waals surface area contributed by atoms with E-state index in [1.807, 2.05) is 6.92 Å². The molecular weight excluding hydrogens is 158 g/mol. The van der Waals surface area contributed by atoms with Crippen LogP contribution in [0.4, 0.5) is 0 Å². The van der Waals surface area contributed by atoms with Crippen molar-refractivity contribution in [1.29, 1.82) is 0 Å². The van der Waals surface area contributed by atoms with Crippen molar-refractivity contribution in [1.82, 2.24) is 4.57 Å². The molecule has 1 N–H and O–H groups in total. The average molecular weight is 167 g/mol. The standard InChI is InChI=1S/C8H9NO3/c1-2-9-4-6(5-10)3-7(9)8(11)12/h3-5H,2H2,1H3,(H,11,12). The summed E-state index contributed by atoms with van der Waals surface area (Å²) in [6, 6.07) is 1.36. The molecule has 1 rings (SSSR count). The predicted molar refractivity (Wildman–Crippen MR) is 42.5 cm³/mol. The molecule has 12 heavy (non-hydrogen) atoms. The third-order valence-corrected chi connectivity index (χ3v) is 1.61. The molecule has 0 saturated carbocycles. The first-order valence-electron chi connectivity index (χ1n) is 3.57. The van der Waals surface area contributed by atoms with Crippen molar-refractivity contribution in [3.63, 3.8) is 0 Å². The highest BCUT2D eigenvalue weighted by molar-refractivity contribution is 5.89. The van der Waals surface area contributed by atoms with Crippen molar-refractivity contribution in [2.75, 3.05) is 0 Å². The maximum Gasteiger partial charge on any atom is 0.352 e. The van der Waals surface area contributed by atoms with Crippen molar-refractivity contribution in [2.45, 2.75) is 13.5 Å². The Labute approximate surface area is 69.4 Å². The van der Waals surface area contributed by atoms with E-state index >= 15 is 0 Å². The number of aromatic nitrogens is 1. The second-order valence-electron chi connectivity index (χ2n) is 2.37. The molecule has 1 aromatic heterocycles. The molecule has 0 amide bonds. The zero-order valence-corrected chi connectivity index (χ0v) is 6.65. The monoisotopic (exact) mass is 167 g/mol. The number of aldehydes is 1. The van der Waals surface area contributed by atoms with Crippen LogP contribution < -0.4 is 0 Å². The summed E-state index contributed by atoms with van der Waals surface area (Å²) in [6.07, 6.45) is 2.16. The summed E-state index contributed by atoms with van der Waals surface area (Å²) in [6.45, 7) is 2.37. The van der Waals surface area contributed by atoms with Crippen molar-refractivity contribution in [3.8, 4) is 0 Å². The topological polar surface area (TPSA) is 59.3 Å². The summed E-state index contributed by atoms with van der Waals surface area (Å²) < 4.78 is 1.52. The van der Waals surface area contributed by atoms with Crippen LogP contribution in [0.2, 0.25) is 0 Å². The Kier molecular flexibility index (Phi) is 2.28. The van der Waals surface area contributed by atoms with Crippen molar-refractivity contribution < 1.29 is 14.7 Å². The third-order valence-electron chi connectivity index (χ3n) is 1.61. The quantitative estimate of drug-likeness (QED) is 0.683. The van der Waals surface area contributed by atoms with Gasteiger partial charge in [0.25, 0.3) is 0 Å². The lowest BCUT2D eigenvalue weighted by Gasteiger charge is -1.98. The van der Waals surface area contributed by atoms with Gasteiger partial charge in [0.15, 0.2) is 6.29 Å². The Hall–Kier alpha value is -1.58. The molecule has 0 aliphatic heterocycles. The number of hydrogen-bond acceptors (Lipinski definition) is 2. The first-order chi connectivity index (χ1) is 5.69. The number of nitrogens with zero attached hydrogens (tertiary/aromatic N) is 1. The fraction of sp³-hybridized carbons (Fsp3) is 0.250. The molecule has 0 fully saturated rings. The van der Waals surface area contributed by atoms with Crippen molar-refractivity contribution in [2.24, 2.45) is 0 Å². The van der Waals surface area contributed by atoms with Gasteiger partial charge in [-0.2, -0.15) is 0 Å². The normalized spacial score (nSPS) is 9.75. The summed E-state index contributed by atoms with van der Waals surface area (Å²) in [5.74, 6) is -1.01. The first-order valence-corrected chi connectivity index (χ1v) is 3.57. The van der Waals surface area contributed by atoms with Gasteiger partial charge in [0.1, 0.15) is 5.69 Å². The SMILES string of the molecule is CCn1cc(C=O)cc1C(=O)O. The van der Waals surface area contributed by atoms with E-state index in [4.69, 9.17) is 5.11 Å². The van der Waals surface area contributed by atoms with Gasteiger partial charge in [-0.25, -0.2) is 4.79 Å². The van der Waals surface area contributed by atoms with Gasteiger partial charge in [-0.05, 0) is 13.0 Å². The van der Waals surface area contributed by atoms with Gasteiger partial charge in [0.2, 0.25) is 0 Å². The molecule has 64 valence electrons. The van der Waals surface area contributed by atoms with Crippen LogP contribution in [-0.2, 0) is 6.54 Å². The second kappa shape index (κ2) is 3.21. The van der Waals surface area contributed by atoms with Gasteiger partial charge >= 0.3 is 5.97 Å². The van der Waals surface area contributed by atoms with E-state index in [-0.39, 0.29) is 5.69 Å². The Bertz CT molecular complexity index is 314. The molecule has 0 radical (unpaired) electrons. The van der Waals surface area contributed by atoms with E-state index in [0.29, 0.717) is 18.4 Å². The zero-order chi connectivity index (χ0) is 9.14. The molecule has 1 heterocycles. The van der Waals surface area contributed by atoms with Crippen LogP contribution in [0.1, 0.15) is 27.8 Å². The highest BCUT2D eigenvalue weighted by Crippen LogP contribution is 2.06. The minimum Gasteiger partial charge on any atom is -0.477 e. The number of hydrogen-bond donors (Lipinski definition) is 1. The summed E-state index contributed by atoms with van der Waals surface area (Å²) in [5.41, 5.74) is 0.550. The van der Waals surface area contributed by atoms with E-state index < -0.39 is 5.97 Å². The summed E-state index contributed by atoms with van der Waals surface area (Å²) in [5, 5.41) is 8.67. The molecule has 0 aliphatic rings. The number of carbonyl (C=O) groups excluding carboxylic acids is 1. The van der Waals surface area contributed by atoms with E-state index in [0.717, 1.165) is 0 Å². The summed E-state index contributed by atoms with van der Waals surface area (Å²) >= 11 is 0. The lowest BCUT2D eigenvalue weighted by Crippen LogP contribution is -2.05. The number of carboxylic acids is 1. The molecule has 0 aromatic carbocycles. The maximum atomic E-state index is 10.6. The second-order valence-corrected chi connectivity index (χ2v) is 2.37. The third kappa shape index (κ3) is 1.37. The predicted octanol–water partition coefficient (Wildman–Crippen LogP) is 1.02. The number of aryl methyl sites for hydroxylation is 1. The van der Waals surface area contributed by atoms with Crippen LogP contribution in [0.5, 0.6) is 0 Å². The molecule has 0 saturated heterocycles. The first kappa shape index (κ1) is 8.52. The Balaban J connectivity index is 3.16. The van der Waals surface area contributed by atoms with E-state index in [1.54, 1.807) is 0 Å². The van der Waals surface area contributed by atoms with Gasteiger partial charge in [-0.1, -0.05) is 0 Å². The minimum absolute atomic E-state index is 0.152. The lowest BCUT2D eigenvalue weighted by molar-refractivity contribution is 0.0685. The van der Waals surface area contributed by atoms with Crippen LogP contribution >= 0.6 is 0 Å². The molecule has 4 heteroatoms. The van der Waals surface area contributed by atoms with Crippen LogP contribution in [-0.4, -0.2) is 21.9 Å². The smallest absolute Gasteiger partial charge is 0.352 e. The van der Waals surface area contributed by atoms with Gasteiger partial charge in [0, 0.05) is 18.3 Å². The van der Waals surface area contributed by atoms with Crippen LogP contribution in [0.3, 0.4) is 0 Å². The summed E-state index contributed by atoms with van der Waals surface area (Å²) in [4.78, 5) is 20.9. The highest BCUT2D eigenvalue weighted by Gasteiger charge is 2.10.